The fourth-order valence-electron chi connectivity index (χ4n) is 3.47. The highest BCUT2D eigenvalue weighted by atomic mass is 35.5. The molecule has 0 bridgehead atoms. The minimum Gasteiger partial charge on any atom is -0.357 e. The summed E-state index contributed by atoms with van der Waals surface area (Å²) in [5, 5.41) is 4.19. The van der Waals surface area contributed by atoms with E-state index in [1.165, 1.54) is 17.3 Å². The monoisotopic (exact) mass is 482 g/mol. The second-order valence-electron chi connectivity index (χ2n) is 7.89. The number of aryl methyl sites for hydroxylation is 1. The van der Waals surface area contributed by atoms with Gasteiger partial charge in [0.15, 0.2) is 5.16 Å². The van der Waals surface area contributed by atoms with Crippen molar-refractivity contribution in [2.24, 2.45) is 0 Å². The Morgan fingerprint density at radius 3 is 2.39 bits per heavy atom. The van der Waals surface area contributed by atoms with Gasteiger partial charge in [-0.15, -0.1) is 0 Å². The summed E-state index contributed by atoms with van der Waals surface area (Å²) in [6.07, 6.45) is 1.85. The first-order chi connectivity index (χ1) is 16.0. The lowest BCUT2D eigenvalue weighted by atomic mass is 10.1. The van der Waals surface area contributed by atoms with Gasteiger partial charge in [0.05, 0.1) is 0 Å². The summed E-state index contributed by atoms with van der Waals surface area (Å²) in [6, 6.07) is 19.9. The van der Waals surface area contributed by atoms with Gasteiger partial charge in [-0.2, -0.15) is 0 Å². The number of aromatic nitrogens is 2. The van der Waals surface area contributed by atoms with Crippen molar-refractivity contribution in [2.75, 3.05) is 18.0 Å². The molecule has 0 aliphatic heterocycles. The maximum absolute atomic E-state index is 12.6. The lowest BCUT2D eigenvalue weighted by molar-refractivity contribution is 0.0938. The maximum Gasteiger partial charge on any atom is 0.251 e. The van der Waals surface area contributed by atoms with Gasteiger partial charge in [0.2, 0.25) is 0 Å². The molecule has 0 spiro atoms. The Morgan fingerprint density at radius 2 is 1.73 bits per heavy atom. The zero-order chi connectivity index (χ0) is 23.6. The lowest BCUT2D eigenvalue weighted by Crippen LogP contribution is -2.32. The number of amides is 1. The minimum absolute atomic E-state index is 0.0446. The molecule has 0 saturated carbocycles. The van der Waals surface area contributed by atoms with Gasteiger partial charge < -0.3 is 10.2 Å². The number of nitrogens with zero attached hydrogens (tertiary/aromatic N) is 3. The molecule has 3 rings (SSSR count). The van der Waals surface area contributed by atoms with Crippen LogP contribution in [0.5, 0.6) is 0 Å². The summed E-state index contributed by atoms with van der Waals surface area (Å²) in [7, 11) is 0. The summed E-state index contributed by atoms with van der Waals surface area (Å²) < 4.78 is 0. The number of nitrogens with one attached hydrogen (secondary N) is 1. The molecule has 0 fully saturated rings. The topological polar surface area (TPSA) is 58.1 Å². The molecule has 3 aromatic rings. The Bertz CT molecular complexity index is 1030. The number of hydrogen-bond donors (Lipinski definition) is 1. The van der Waals surface area contributed by atoms with Gasteiger partial charge in [0.1, 0.15) is 11.0 Å². The predicted octanol–water partition coefficient (Wildman–Crippen LogP) is 6.02. The average Bonchev–Trinajstić information content (AvgIpc) is 2.83. The van der Waals surface area contributed by atoms with Crippen LogP contribution >= 0.6 is 23.4 Å². The van der Waals surface area contributed by atoms with Gasteiger partial charge in [-0.25, -0.2) is 9.97 Å². The van der Waals surface area contributed by atoms with Crippen LogP contribution in [0.1, 0.15) is 48.7 Å². The molecule has 1 aromatic heterocycles. The first kappa shape index (κ1) is 25.1. The largest absolute Gasteiger partial charge is 0.357 e. The van der Waals surface area contributed by atoms with Crippen molar-refractivity contribution < 1.29 is 4.79 Å². The second kappa shape index (κ2) is 12.6. The summed E-state index contributed by atoms with van der Waals surface area (Å²) >= 11 is 7.74. The van der Waals surface area contributed by atoms with Crippen LogP contribution in [-0.4, -0.2) is 35.0 Å². The highest BCUT2D eigenvalue weighted by Gasteiger charge is 2.12. The van der Waals surface area contributed by atoms with E-state index in [1.807, 2.05) is 49.4 Å². The van der Waals surface area contributed by atoms with Crippen LogP contribution in [0.25, 0.3) is 0 Å². The summed E-state index contributed by atoms with van der Waals surface area (Å²) in [5.74, 6) is 1.50. The Kier molecular flexibility index (Phi) is 9.58. The van der Waals surface area contributed by atoms with Crippen LogP contribution < -0.4 is 10.2 Å². The standard InChI is InChI=1S/C26H31ClN4OS/c1-4-31(5-2)24-17-23(27)29-26(30-24)33-18-21-13-15-22(16-14-21)25(32)28-19(3)11-12-20-9-7-6-8-10-20/h6-10,13-17,19H,4-5,11-12,18H2,1-3H3,(H,28,32). The van der Waals surface area contributed by atoms with Gasteiger partial charge >= 0.3 is 0 Å². The molecule has 2 aromatic carbocycles. The number of anilines is 1. The van der Waals surface area contributed by atoms with E-state index >= 15 is 0 Å². The number of carbonyl (C=O) groups is 1. The fraction of sp³-hybridized carbons (Fsp3) is 0.346. The van der Waals surface area contributed by atoms with Crippen LogP contribution in [0.4, 0.5) is 5.82 Å². The maximum atomic E-state index is 12.6. The predicted molar refractivity (Wildman–Crippen MR) is 138 cm³/mol. The van der Waals surface area contributed by atoms with E-state index < -0.39 is 0 Å². The molecular formula is C26H31ClN4OS. The van der Waals surface area contributed by atoms with E-state index in [0.717, 1.165) is 37.3 Å². The summed E-state index contributed by atoms with van der Waals surface area (Å²) in [5.41, 5.74) is 3.05. The zero-order valence-corrected chi connectivity index (χ0v) is 21.0. The molecule has 1 N–H and O–H groups in total. The molecule has 33 heavy (non-hydrogen) atoms. The molecule has 1 unspecified atom stereocenters. The first-order valence-corrected chi connectivity index (χ1v) is 12.7. The van der Waals surface area contributed by atoms with Gasteiger partial charge in [-0.05, 0) is 56.9 Å². The van der Waals surface area contributed by atoms with E-state index in [2.05, 4.69) is 46.2 Å². The number of benzene rings is 2. The second-order valence-corrected chi connectivity index (χ2v) is 9.22. The van der Waals surface area contributed by atoms with Gasteiger partial charge in [0.25, 0.3) is 5.91 Å². The molecule has 0 saturated heterocycles. The number of halogens is 1. The molecule has 1 heterocycles. The highest BCUT2D eigenvalue weighted by molar-refractivity contribution is 7.98. The molecule has 174 valence electrons. The minimum atomic E-state index is -0.0446. The van der Waals surface area contributed by atoms with Crippen molar-refractivity contribution in [1.82, 2.24) is 15.3 Å². The molecular weight excluding hydrogens is 452 g/mol. The van der Waals surface area contributed by atoms with Gasteiger partial charge in [0, 0.05) is 36.5 Å². The SMILES string of the molecule is CCN(CC)c1cc(Cl)nc(SCc2ccc(C(=O)NC(C)CCc3ccccc3)cc2)n1. The van der Waals surface area contributed by atoms with Crippen molar-refractivity contribution in [3.8, 4) is 0 Å². The van der Waals surface area contributed by atoms with Crippen LogP contribution in [0.15, 0.2) is 65.8 Å². The van der Waals surface area contributed by atoms with Crippen molar-refractivity contribution in [3.05, 3.63) is 82.5 Å². The van der Waals surface area contributed by atoms with Crippen molar-refractivity contribution in [3.63, 3.8) is 0 Å². The summed E-state index contributed by atoms with van der Waals surface area (Å²) in [4.78, 5) is 23.7. The smallest absolute Gasteiger partial charge is 0.251 e. The molecule has 7 heteroatoms. The zero-order valence-electron chi connectivity index (χ0n) is 19.4. The highest BCUT2D eigenvalue weighted by Crippen LogP contribution is 2.24. The number of carbonyl (C=O) groups excluding carboxylic acids is 1. The van der Waals surface area contributed by atoms with Gasteiger partial charge in [-0.1, -0.05) is 65.8 Å². The molecule has 1 amide bonds. The molecule has 1 atom stereocenters. The third-order valence-corrected chi connectivity index (χ3v) is 6.53. The van der Waals surface area contributed by atoms with Crippen LogP contribution in [-0.2, 0) is 12.2 Å². The van der Waals surface area contributed by atoms with E-state index in [9.17, 15) is 4.79 Å². The Hall–Kier alpha value is -2.57. The van der Waals surface area contributed by atoms with Crippen molar-refractivity contribution in [2.45, 2.75) is 50.6 Å². The van der Waals surface area contributed by atoms with Crippen molar-refractivity contribution in [1.29, 1.82) is 0 Å². The number of rotatable bonds is 11. The first-order valence-electron chi connectivity index (χ1n) is 11.3. The Balaban J connectivity index is 1.52. The third kappa shape index (κ3) is 7.76. The fourth-order valence-corrected chi connectivity index (χ4v) is 4.50. The van der Waals surface area contributed by atoms with E-state index in [1.54, 1.807) is 6.07 Å². The Morgan fingerprint density at radius 1 is 1.03 bits per heavy atom. The van der Waals surface area contributed by atoms with Crippen LogP contribution in [0.3, 0.4) is 0 Å². The third-order valence-electron chi connectivity index (χ3n) is 5.42. The van der Waals surface area contributed by atoms with Crippen LogP contribution in [0.2, 0.25) is 5.15 Å². The number of hydrogen-bond acceptors (Lipinski definition) is 5. The molecule has 0 aliphatic rings. The van der Waals surface area contributed by atoms with Gasteiger partial charge in [-0.3, -0.25) is 4.79 Å². The van der Waals surface area contributed by atoms with E-state index in [4.69, 9.17) is 11.6 Å². The molecule has 5 nitrogen and oxygen atoms in total. The summed E-state index contributed by atoms with van der Waals surface area (Å²) in [6.45, 7) is 7.95. The molecule has 0 aliphatic carbocycles. The normalized spacial score (nSPS) is 11.8. The Labute approximate surface area is 206 Å². The lowest BCUT2D eigenvalue weighted by Gasteiger charge is -2.20. The number of thioether (sulfide) groups is 1. The van der Waals surface area contributed by atoms with E-state index in [-0.39, 0.29) is 11.9 Å². The van der Waals surface area contributed by atoms with Crippen molar-refractivity contribution >= 4 is 35.1 Å². The quantitative estimate of drug-likeness (QED) is 0.206. The molecule has 0 radical (unpaired) electrons. The van der Waals surface area contributed by atoms with Crippen LogP contribution in [0, 0.1) is 0 Å². The average molecular weight is 483 g/mol. The van der Waals surface area contributed by atoms with E-state index in [0.29, 0.717) is 21.6 Å².